The summed E-state index contributed by atoms with van der Waals surface area (Å²) in [6, 6.07) is 1.59. The fourth-order valence-electron chi connectivity index (χ4n) is 3.64. The van der Waals surface area contributed by atoms with Gasteiger partial charge in [-0.3, -0.25) is 23.7 Å². The van der Waals surface area contributed by atoms with Crippen molar-refractivity contribution < 1.29 is 9.59 Å². The van der Waals surface area contributed by atoms with Crippen molar-refractivity contribution in [2.45, 2.75) is 39.7 Å². The third kappa shape index (κ3) is 5.42. The summed E-state index contributed by atoms with van der Waals surface area (Å²) < 4.78 is 1.55. The summed E-state index contributed by atoms with van der Waals surface area (Å²) in [5.74, 6) is 0.243. The highest BCUT2D eigenvalue weighted by Gasteiger charge is 2.22. The quantitative estimate of drug-likeness (QED) is 0.647. The average Bonchev–Trinajstić information content (AvgIpc) is 3.18. The molecule has 0 unspecified atom stereocenters. The lowest BCUT2D eigenvalue weighted by molar-refractivity contribution is -0.133. The number of piperazine rings is 1. The predicted octanol–water partition coefficient (Wildman–Crippen LogP) is 1.44. The maximum atomic E-state index is 12.4. The molecule has 1 saturated heterocycles. The summed E-state index contributed by atoms with van der Waals surface area (Å²) in [7, 11) is 0. The van der Waals surface area contributed by atoms with Crippen LogP contribution in [-0.2, 0) is 16.1 Å². The van der Waals surface area contributed by atoms with E-state index < -0.39 is 0 Å². The van der Waals surface area contributed by atoms with Gasteiger partial charge in [0.05, 0.1) is 5.69 Å². The summed E-state index contributed by atoms with van der Waals surface area (Å²) in [6.07, 6.45) is 3.18. The Balaban J connectivity index is 1.43. The van der Waals surface area contributed by atoms with E-state index in [-0.39, 0.29) is 17.4 Å². The number of nitrogens with zero attached hydrogens (tertiary/aromatic N) is 5. The molecule has 2 aromatic heterocycles. The van der Waals surface area contributed by atoms with Crippen LogP contribution >= 0.6 is 11.3 Å². The SMILES string of the molecule is CCN(CC)C(=O)CCCC(=O)N1CCN(Cc2cc(=O)n3ccsc3n2)CC1. The van der Waals surface area contributed by atoms with E-state index in [4.69, 9.17) is 0 Å². The standard InChI is InChI=1S/C20H29N5O3S/c1-3-23(4-2)17(26)6-5-7-18(27)24-10-8-22(9-11-24)15-16-14-19(28)25-12-13-29-20(25)21-16/h12-14H,3-11,15H2,1-2H3. The van der Waals surface area contributed by atoms with Crippen LogP contribution in [0.15, 0.2) is 22.4 Å². The van der Waals surface area contributed by atoms with E-state index in [2.05, 4.69) is 9.88 Å². The second-order valence-corrected chi connectivity index (χ2v) is 8.09. The topological polar surface area (TPSA) is 78.2 Å². The normalized spacial score (nSPS) is 15.0. The molecular formula is C20H29N5O3S. The molecule has 9 heteroatoms. The molecule has 158 valence electrons. The maximum absolute atomic E-state index is 12.4. The first kappa shape index (κ1) is 21.4. The lowest BCUT2D eigenvalue weighted by Gasteiger charge is -2.34. The van der Waals surface area contributed by atoms with Crippen molar-refractivity contribution in [3.63, 3.8) is 0 Å². The Morgan fingerprint density at radius 1 is 1.14 bits per heavy atom. The van der Waals surface area contributed by atoms with E-state index in [0.29, 0.717) is 56.9 Å². The highest BCUT2D eigenvalue weighted by Crippen LogP contribution is 2.12. The number of rotatable bonds is 8. The second kappa shape index (κ2) is 9.98. The van der Waals surface area contributed by atoms with Crippen molar-refractivity contribution in [1.82, 2.24) is 24.1 Å². The number of hydrogen-bond acceptors (Lipinski definition) is 6. The zero-order valence-electron chi connectivity index (χ0n) is 17.2. The summed E-state index contributed by atoms with van der Waals surface area (Å²) in [5.41, 5.74) is 0.714. The van der Waals surface area contributed by atoms with Crippen LogP contribution in [0.1, 0.15) is 38.8 Å². The highest BCUT2D eigenvalue weighted by atomic mass is 32.1. The summed E-state index contributed by atoms with van der Waals surface area (Å²) in [5, 5.41) is 1.85. The van der Waals surface area contributed by atoms with Gasteiger partial charge in [0.15, 0.2) is 4.96 Å². The van der Waals surface area contributed by atoms with Crippen LogP contribution in [0, 0.1) is 0 Å². The number of carbonyl (C=O) groups excluding carboxylic acids is 2. The van der Waals surface area contributed by atoms with Crippen molar-refractivity contribution in [2.75, 3.05) is 39.3 Å². The minimum Gasteiger partial charge on any atom is -0.343 e. The summed E-state index contributed by atoms with van der Waals surface area (Å²) in [6.45, 7) is 8.84. The monoisotopic (exact) mass is 419 g/mol. The van der Waals surface area contributed by atoms with Gasteiger partial charge in [0.2, 0.25) is 11.8 Å². The van der Waals surface area contributed by atoms with E-state index in [9.17, 15) is 14.4 Å². The lowest BCUT2D eigenvalue weighted by Crippen LogP contribution is -2.48. The fourth-order valence-corrected chi connectivity index (χ4v) is 4.38. The van der Waals surface area contributed by atoms with E-state index in [1.54, 1.807) is 21.6 Å². The molecule has 2 amide bonds. The van der Waals surface area contributed by atoms with E-state index >= 15 is 0 Å². The van der Waals surface area contributed by atoms with Gasteiger partial charge in [-0.1, -0.05) is 0 Å². The molecule has 0 aliphatic carbocycles. The Labute approximate surface area is 174 Å². The first-order chi connectivity index (χ1) is 14.0. The minimum absolute atomic E-state index is 0.0562. The molecule has 0 N–H and O–H groups in total. The zero-order valence-corrected chi connectivity index (χ0v) is 18.0. The number of carbonyl (C=O) groups is 2. The summed E-state index contributed by atoms with van der Waals surface area (Å²) >= 11 is 1.45. The Bertz CT molecular complexity index is 897. The van der Waals surface area contributed by atoms with Gasteiger partial charge >= 0.3 is 0 Å². The number of fused-ring (bicyclic) bond motifs is 1. The van der Waals surface area contributed by atoms with Crippen molar-refractivity contribution in [3.8, 4) is 0 Å². The van der Waals surface area contributed by atoms with Crippen molar-refractivity contribution in [3.05, 3.63) is 33.7 Å². The van der Waals surface area contributed by atoms with Crippen molar-refractivity contribution in [2.24, 2.45) is 0 Å². The molecule has 2 aromatic rings. The lowest BCUT2D eigenvalue weighted by atomic mass is 10.2. The number of aromatic nitrogens is 2. The van der Waals surface area contributed by atoms with Gasteiger partial charge in [-0.05, 0) is 20.3 Å². The molecule has 8 nitrogen and oxygen atoms in total. The molecule has 0 aromatic carbocycles. The summed E-state index contributed by atoms with van der Waals surface area (Å²) in [4.78, 5) is 47.7. The molecule has 29 heavy (non-hydrogen) atoms. The number of thiazole rings is 1. The molecule has 1 aliphatic heterocycles. The average molecular weight is 420 g/mol. The zero-order chi connectivity index (χ0) is 20.8. The van der Waals surface area contributed by atoms with Crippen LogP contribution in [0.5, 0.6) is 0 Å². The van der Waals surface area contributed by atoms with Crippen LogP contribution in [-0.4, -0.2) is 75.2 Å². The van der Waals surface area contributed by atoms with Crippen LogP contribution in [0.25, 0.3) is 4.96 Å². The van der Waals surface area contributed by atoms with Crippen LogP contribution < -0.4 is 5.56 Å². The van der Waals surface area contributed by atoms with E-state index in [1.165, 1.54) is 11.3 Å². The largest absolute Gasteiger partial charge is 0.343 e. The van der Waals surface area contributed by atoms with Gasteiger partial charge in [-0.25, -0.2) is 4.98 Å². The van der Waals surface area contributed by atoms with Gasteiger partial charge in [-0.15, -0.1) is 11.3 Å². The van der Waals surface area contributed by atoms with Gasteiger partial charge in [0.1, 0.15) is 0 Å². The Morgan fingerprint density at radius 3 is 2.55 bits per heavy atom. The van der Waals surface area contributed by atoms with Gasteiger partial charge in [0.25, 0.3) is 5.56 Å². The predicted molar refractivity (Wildman–Crippen MR) is 113 cm³/mol. The molecule has 0 radical (unpaired) electrons. The molecule has 0 saturated carbocycles. The maximum Gasteiger partial charge on any atom is 0.258 e. The third-order valence-electron chi connectivity index (χ3n) is 5.36. The van der Waals surface area contributed by atoms with Gasteiger partial charge in [0, 0.05) is 76.3 Å². The molecule has 3 heterocycles. The molecule has 0 spiro atoms. The van der Waals surface area contributed by atoms with Crippen LogP contribution in [0.4, 0.5) is 0 Å². The fraction of sp³-hybridized carbons (Fsp3) is 0.600. The van der Waals surface area contributed by atoms with Gasteiger partial charge in [-0.2, -0.15) is 0 Å². The van der Waals surface area contributed by atoms with E-state index in [1.807, 2.05) is 24.1 Å². The van der Waals surface area contributed by atoms with E-state index in [0.717, 1.165) is 18.8 Å². The van der Waals surface area contributed by atoms with Crippen molar-refractivity contribution >= 4 is 28.1 Å². The second-order valence-electron chi connectivity index (χ2n) is 7.22. The number of amides is 2. The van der Waals surface area contributed by atoms with Gasteiger partial charge < -0.3 is 9.80 Å². The Hall–Kier alpha value is -2.26. The van der Waals surface area contributed by atoms with Crippen molar-refractivity contribution in [1.29, 1.82) is 0 Å². The molecule has 0 bridgehead atoms. The minimum atomic E-state index is -0.0562. The Kier molecular flexibility index (Phi) is 7.38. The third-order valence-corrected chi connectivity index (χ3v) is 6.12. The molecule has 1 aliphatic rings. The number of hydrogen-bond donors (Lipinski definition) is 0. The molecule has 3 rings (SSSR count). The van der Waals surface area contributed by atoms with Crippen LogP contribution in [0.2, 0.25) is 0 Å². The first-order valence-electron chi connectivity index (χ1n) is 10.3. The molecule has 1 fully saturated rings. The first-order valence-corrected chi connectivity index (χ1v) is 11.1. The molecular weight excluding hydrogens is 390 g/mol. The van der Waals surface area contributed by atoms with Crippen LogP contribution in [0.3, 0.4) is 0 Å². The molecule has 0 atom stereocenters. The smallest absolute Gasteiger partial charge is 0.258 e. The highest BCUT2D eigenvalue weighted by molar-refractivity contribution is 7.15. The Morgan fingerprint density at radius 2 is 1.86 bits per heavy atom.